The summed E-state index contributed by atoms with van der Waals surface area (Å²) in [5.74, 6) is 0.550. The highest BCUT2D eigenvalue weighted by molar-refractivity contribution is 5.78. The molecule has 0 unspecified atom stereocenters. The van der Waals surface area contributed by atoms with Crippen molar-refractivity contribution >= 4 is 17.7 Å². The summed E-state index contributed by atoms with van der Waals surface area (Å²) in [7, 11) is 0. The number of carbonyl (C=O) groups is 1. The van der Waals surface area contributed by atoms with Crippen LogP contribution in [0.4, 0.5) is 10.5 Å². The highest BCUT2D eigenvalue weighted by atomic mass is 16.6. The third kappa shape index (κ3) is 6.82. The van der Waals surface area contributed by atoms with Gasteiger partial charge in [0.2, 0.25) is 0 Å². The number of rotatable bonds is 5. The zero-order valence-corrected chi connectivity index (χ0v) is 16.1. The van der Waals surface area contributed by atoms with Gasteiger partial charge in [-0.3, -0.25) is 4.99 Å². The van der Waals surface area contributed by atoms with Gasteiger partial charge in [-0.1, -0.05) is 18.2 Å². The molecule has 1 amide bonds. The lowest BCUT2D eigenvalue weighted by Gasteiger charge is -2.36. The van der Waals surface area contributed by atoms with Gasteiger partial charge in [0.05, 0.1) is 0 Å². The van der Waals surface area contributed by atoms with Crippen molar-refractivity contribution in [1.82, 2.24) is 9.80 Å². The maximum absolute atomic E-state index is 12.1. The van der Waals surface area contributed by atoms with Crippen molar-refractivity contribution in [3.05, 3.63) is 30.3 Å². The first-order valence-electron chi connectivity index (χ1n) is 9.17. The Labute approximate surface area is 156 Å². The van der Waals surface area contributed by atoms with Crippen molar-refractivity contribution < 1.29 is 9.53 Å². The zero-order chi connectivity index (χ0) is 19.0. The van der Waals surface area contributed by atoms with Crippen LogP contribution in [0.25, 0.3) is 0 Å². The first-order chi connectivity index (χ1) is 12.3. The molecule has 3 N–H and O–H groups in total. The van der Waals surface area contributed by atoms with Crippen molar-refractivity contribution in [2.24, 2.45) is 10.7 Å². The molecule has 144 valence electrons. The van der Waals surface area contributed by atoms with E-state index in [1.54, 1.807) is 4.90 Å². The molecule has 1 heterocycles. The molecule has 0 bridgehead atoms. The van der Waals surface area contributed by atoms with E-state index in [4.69, 9.17) is 10.5 Å². The number of guanidine groups is 1. The molecular formula is C19H31N5O2. The maximum atomic E-state index is 12.1. The fourth-order valence-electron chi connectivity index (χ4n) is 2.61. The first kappa shape index (κ1) is 19.9. The topological polar surface area (TPSA) is 83.2 Å². The summed E-state index contributed by atoms with van der Waals surface area (Å²) in [5, 5.41) is 3.35. The number of piperazine rings is 1. The molecule has 0 radical (unpaired) electrons. The number of benzene rings is 1. The molecule has 1 aromatic carbocycles. The minimum atomic E-state index is -0.470. The molecule has 0 spiro atoms. The smallest absolute Gasteiger partial charge is 0.410 e. The Kier molecular flexibility index (Phi) is 7.12. The summed E-state index contributed by atoms with van der Waals surface area (Å²) in [6.07, 6.45) is 0.646. The number of para-hydroxylation sites is 1. The van der Waals surface area contributed by atoms with Gasteiger partial charge >= 0.3 is 6.09 Å². The zero-order valence-electron chi connectivity index (χ0n) is 16.1. The highest BCUT2D eigenvalue weighted by Gasteiger charge is 2.26. The summed E-state index contributed by atoms with van der Waals surface area (Å²) in [5.41, 5.74) is 6.73. The van der Waals surface area contributed by atoms with Crippen molar-refractivity contribution in [1.29, 1.82) is 0 Å². The molecule has 7 nitrogen and oxygen atoms in total. The second kappa shape index (κ2) is 9.31. The van der Waals surface area contributed by atoms with Crippen LogP contribution < -0.4 is 11.1 Å². The highest BCUT2D eigenvalue weighted by Crippen LogP contribution is 2.11. The van der Waals surface area contributed by atoms with E-state index < -0.39 is 5.60 Å². The van der Waals surface area contributed by atoms with Crippen molar-refractivity contribution in [3.8, 4) is 0 Å². The minimum Gasteiger partial charge on any atom is -0.444 e. The number of nitrogens with zero attached hydrogens (tertiary/aromatic N) is 3. The van der Waals surface area contributed by atoms with E-state index in [-0.39, 0.29) is 6.09 Å². The lowest BCUT2D eigenvalue weighted by Crippen LogP contribution is -2.53. The van der Waals surface area contributed by atoms with Crippen molar-refractivity contribution in [3.63, 3.8) is 0 Å². The third-order valence-electron chi connectivity index (χ3n) is 3.97. The predicted molar refractivity (Wildman–Crippen MR) is 105 cm³/mol. The van der Waals surface area contributed by atoms with Gasteiger partial charge in [0.25, 0.3) is 0 Å². The third-order valence-corrected chi connectivity index (χ3v) is 3.97. The number of nitrogens with two attached hydrogens (primary N) is 1. The average Bonchev–Trinajstić information content (AvgIpc) is 2.61. The van der Waals surface area contributed by atoms with Gasteiger partial charge in [0, 0.05) is 45.0 Å². The van der Waals surface area contributed by atoms with Crippen LogP contribution in [-0.2, 0) is 4.74 Å². The Morgan fingerprint density at radius 2 is 1.77 bits per heavy atom. The number of ether oxygens (including phenoxy) is 1. The second-order valence-corrected chi connectivity index (χ2v) is 7.34. The lowest BCUT2D eigenvalue weighted by molar-refractivity contribution is 0.0186. The molecule has 0 atom stereocenters. The normalized spacial score (nSPS) is 15.7. The summed E-state index contributed by atoms with van der Waals surface area (Å²) >= 11 is 0. The van der Waals surface area contributed by atoms with Gasteiger partial charge in [0.1, 0.15) is 5.60 Å². The van der Waals surface area contributed by atoms with Crippen LogP contribution in [0, 0.1) is 0 Å². The van der Waals surface area contributed by atoms with Crippen LogP contribution in [-0.4, -0.2) is 66.7 Å². The number of anilines is 1. The van der Waals surface area contributed by atoms with Gasteiger partial charge in [-0.15, -0.1) is 0 Å². The van der Waals surface area contributed by atoms with Crippen LogP contribution in [0.15, 0.2) is 35.3 Å². The molecule has 0 saturated carbocycles. The number of amides is 1. The van der Waals surface area contributed by atoms with E-state index >= 15 is 0 Å². The molecule has 1 aliphatic rings. The molecule has 1 aromatic rings. The molecule has 0 aliphatic carbocycles. The van der Waals surface area contributed by atoms with Gasteiger partial charge in [-0.25, -0.2) is 4.79 Å². The van der Waals surface area contributed by atoms with E-state index in [1.165, 1.54) is 0 Å². The number of hydrogen-bond acceptors (Lipinski definition) is 4. The molecule has 0 aromatic heterocycles. The van der Waals surface area contributed by atoms with E-state index in [2.05, 4.69) is 10.3 Å². The molecule has 2 rings (SSSR count). The average molecular weight is 361 g/mol. The van der Waals surface area contributed by atoms with Crippen molar-refractivity contribution in [2.75, 3.05) is 44.6 Å². The summed E-state index contributed by atoms with van der Waals surface area (Å²) < 4.78 is 5.40. The van der Waals surface area contributed by atoms with Crippen molar-refractivity contribution in [2.45, 2.75) is 32.8 Å². The molecule has 1 saturated heterocycles. The predicted octanol–water partition coefficient (Wildman–Crippen LogP) is 2.36. The van der Waals surface area contributed by atoms with Gasteiger partial charge in [-0.2, -0.15) is 0 Å². The standard InChI is InChI=1S/C19H31N5O2/c1-19(2,3)26-18(25)24-14-12-23(13-15-24)17(20)22-11-7-10-21-16-8-5-4-6-9-16/h4-6,8-9,21H,7,10-15H2,1-3H3,(H2,20,22). The van der Waals surface area contributed by atoms with Crippen LogP contribution >= 0.6 is 0 Å². The van der Waals surface area contributed by atoms with Crippen LogP contribution in [0.3, 0.4) is 0 Å². The molecule has 7 heteroatoms. The molecule has 26 heavy (non-hydrogen) atoms. The Morgan fingerprint density at radius 1 is 1.15 bits per heavy atom. The fourth-order valence-corrected chi connectivity index (χ4v) is 2.61. The molecule has 1 aliphatic heterocycles. The lowest BCUT2D eigenvalue weighted by atomic mass is 10.2. The number of nitrogens with one attached hydrogen (secondary N) is 1. The largest absolute Gasteiger partial charge is 0.444 e. The van der Waals surface area contributed by atoms with Crippen LogP contribution in [0.1, 0.15) is 27.2 Å². The van der Waals surface area contributed by atoms with E-state index in [0.717, 1.165) is 18.7 Å². The number of aliphatic imine (C=N–C) groups is 1. The first-order valence-corrected chi connectivity index (χ1v) is 9.17. The summed E-state index contributed by atoms with van der Waals surface area (Å²) in [4.78, 5) is 20.3. The SMILES string of the molecule is CC(C)(C)OC(=O)N1CCN(C(N)=NCCCNc2ccccc2)CC1. The quantitative estimate of drug-likeness (QED) is 0.478. The second-order valence-electron chi connectivity index (χ2n) is 7.34. The van der Waals surface area contributed by atoms with E-state index in [0.29, 0.717) is 38.7 Å². The van der Waals surface area contributed by atoms with Crippen LogP contribution in [0.2, 0.25) is 0 Å². The Bertz CT molecular complexity index is 590. The molecule has 1 fully saturated rings. The van der Waals surface area contributed by atoms with Gasteiger partial charge in [0.15, 0.2) is 5.96 Å². The van der Waals surface area contributed by atoms with Gasteiger partial charge in [-0.05, 0) is 39.3 Å². The Morgan fingerprint density at radius 3 is 2.38 bits per heavy atom. The monoisotopic (exact) mass is 361 g/mol. The minimum absolute atomic E-state index is 0.264. The van der Waals surface area contributed by atoms with E-state index in [1.807, 2.05) is 56.0 Å². The van der Waals surface area contributed by atoms with E-state index in [9.17, 15) is 4.79 Å². The number of carbonyl (C=O) groups excluding carboxylic acids is 1. The number of hydrogen-bond donors (Lipinski definition) is 2. The summed E-state index contributed by atoms with van der Waals surface area (Å²) in [6, 6.07) is 10.1. The maximum Gasteiger partial charge on any atom is 0.410 e. The van der Waals surface area contributed by atoms with Crippen LogP contribution in [0.5, 0.6) is 0 Å². The van der Waals surface area contributed by atoms with Gasteiger partial charge < -0.3 is 25.6 Å². The summed E-state index contributed by atoms with van der Waals surface area (Å²) in [6.45, 7) is 9.70. The fraction of sp³-hybridized carbons (Fsp3) is 0.579. The Balaban J connectivity index is 1.66. The molecular weight excluding hydrogens is 330 g/mol. The Hall–Kier alpha value is -2.44.